The second-order valence-corrected chi connectivity index (χ2v) is 8.38. The first-order valence-electron chi connectivity index (χ1n) is 9.90. The van der Waals surface area contributed by atoms with Gasteiger partial charge in [0.2, 0.25) is 0 Å². The third-order valence-electron chi connectivity index (χ3n) is 5.05. The Labute approximate surface area is 177 Å². The molecule has 154 valence electrons. The SMILES string of the molecule is COc1ccc(C(=O)Nc2cccc(C(=O)c3ccc(C(C)(C)C)cc3)c2)cc1C. The zero-order chi connectivity index (χ0) is 21.9. The summed E-state index contributed by atoms with van der Waals surface area (Å²) in [4.78, 5) is 25.5. The average molecular weight is 402 g/mol. The molecule has 4 nitrogen and oxygen atoms in total. The van der Waals surface area contributed by atoms with E-state index in [0.29, 0.717) is 22.4 Å². The molecule has 0 aromatic heterocycles. The fourth-order valence-corrected chi connectivity index (χ4v) is 3.25. The largest absolute Gasteiger partial charge is 0.496 e. The van der Waals surface area contributed by atoms with Gasteiger partial charge in [-0.1, -0.05) is 57.2 Å². The van der Waals surface area contributed by atoms with Crippen LogP contribution in [0.1, 0.15) is 58.2 Å². The Morgan fingerprint density at radius 1 is 0.833 bits per heavy atom. The highest BCUT2D eigenvalue weighted by atomic mass is 16.5. The minimum absolute atomic E-state index is 0.0333. The van der Waals surface area contributed by atoms with E-state index in [-0.39, 0.29) is 17.1 Å². The molecule has 0 heterocycles. The molecule has 1 N–H and O–H groups in total. The molecule has 4 heteroatoms. The number of rotatable bonds is 5. The number of benzene rings is 3. The summed E-state index contributed by atoms with van der Waals surface area (Å²) in [5, 5.41) is 2.87. The van der Waals surface area contributed by atoms with Crippen molar-refractivity contribution >= 4 is 17.4 Å². The molecule has 0 bridgehead atoms. The van der Waals surface area contributed by atoms with Crippen LogP contribution in [0, 0.1) is 6.92 Å². The van der Waals surface area contributed by atoms with Crippen LogP contribution >= 0.6 is 0 Å². The van der Waals surface area contributed by atoms with E-state index in [1.165, 1.54) is 5.56 Å². The average Bonchev–Trinajstić information content (AvgIpc) is 2.72. The Bertz CT molecular complexity index is 1080. The van der Waals surface area contributed by atoms with Crippen molar-refractivity contribution in [1.82, 2.24) is 0 Å². The molecule has 0 unspecified atom stereocenters. The maximum atomic E-state index is 12.9. The number of anilines is 1. The Balaban J connectivity index is 1.78. The van der Waals surface area contributed by atoms with Crippen LogP contribution in [0.5, 0.6) is 5.75 Å². The molecule has 0 radical (unpaired) electrons. The number of carbonyl (C=O) groups is 2. The van der Waals surface area contributed by atoms with Gasteiger partial charge in [0.05, 0.1) is 7.11 Å². The van der Waals surface area contributed by atoms with Crippen molar-refractivity contribution in [3.63, 3.8) is 0 Å². The maximum absolute atomic E-state index is 12.9. The monoisotopic (exact) mass is 401 g/mol. The molecule has 3 rings (SSSR count). The predicted octanol–water partition coefficient (Wildman–Crippen LogP) is 5.78. The minimum Gasteiger partial charge on any atom is -0.496 e. The third kappa shape index (κ3) is 4.77. The molecular weight excluding hydrogens is 374 g/mol. The Morgan fingerprint density at radius 3 is 2.10 bits per heavy atom. The molecule has 0 aliphatic rings. The van der Waals surface area contributed by atoms with Gasteiger partial charge in [0, 0.05) is 22.4 Å². The third-order valence-corrected chi connectivity index (χ3v) is 5.05. The van der Waals surface area contributed by atoms with Gasteiger partial charge in [-0.05, 0) is 53.8 Å². The van der Waals surface area contributed by atoms with Crippen molar-refractivity contribution in [3.05, 3.63) is 94.5 Å². The standard InChI is InChI=1S/C26H27NO3/c1-17-15-20(11-14-23(17)30-5)25(29)27-22-8-6-7-19(16-22)24(28)18-9-12-21(13-10-18)26(2,3)4/h6-16H,1-5H3,(H,27,29). The van der Waals surface area contributed by atoms with Gasteiger partial charge in [0.1, 0.15) is 5.75 Å². The topological polar surface area (TPSA) is 55.4 Å². The molecule has 3 aromatic carbocycles. The van der Waals surface area contributed by atoms with Crippen LogP contribution in [0.2, 0.25) is 0 Å². The Morgan fingerprint density at radius 2 is 1.50 bits per heavy atom. The smallest absolute Gasteiger partial charge is 0.255 e. The molecule has 0 aliphatic heterocycles. The number of carbonyl (C=O) groups excluding carboxylic acids is 2. The summed E-state index contributed by atoms with van der Waals surface area (Å²) in [6.45, 7) is 8.31. The number of aryl methyl sites for hydroxylation is 1. The molecule has 0 spiro atoms. The van der Waals surface area contributed by atoms with Crippen molar-refractivity contribution in [2.24, 2.45) is 0 Å². The number of amides is 1. The van der Waals surface area contributed by atoms with Crippen molar-refractivity contribution in [1.29, 1.82) is 0 Å². The quantitative estimate of drug-likeness (QED) is 0.551. The van der Waals surface area contributed by atoms with Gasteiger partial charge in [-0.2, -0.15) is 0 Å². The van der Waals surface area contributed by atoms with E-state index >= 15 is 0 Å². The van der Waals surface area contributed by atoms with Gasteiger partial charge in [-0.15, -0.1) is 0 Å². The van der Waals surface area contributed by atoms with E-state index in [2.05, 4.69) is 26.1 Å². The van der Waals surface area contributed by atoms with E-state index in [1.807, 2.05) is 31.2 Å². The molecule has 0 saturated heterocycles. The lowest BCUT2D eigenvalue weighted by Gasteiger charge is -2.19. The summed E-state index contributed by atoms with van der Waals surface area (Å²) in [5.74, 6) is 0.420. The molecule has 0 atom stereocenters. The van der Waals surface area contributed by atoms with Crippen molar-refractivity contribution in [2.45, 2.75) is 33.1 Å². The molecule has 0 fully saturated rings. The highest BCUT2D eigenvalue weighted by Crippen LogP contribution is 2.24. The van der Waals surface area contributed by atoms with Gasteiger partial charge >= 0.3 is 0 Å². The van der Waals surface area contributed by atoms with Crippen molar-refractivity contribution in [2.75, 3.05) is 12.4 Å². The Hall–Kier alpha value is -3.40. The molecular formula is C26H27NO3. The van der Waals surface area contributed by atoms with Crippen molar-refractivity contribution < 1.29 is 14.3 Å². The van der Waals surface area contributed by atoms with Crippen LogP contribution < -0.4 is 10.1 Å². The minimum atomic E-state index is -0.236. The second kappa shape index (κ2) is 8.54. The molecule has 0 aliphatic carbocycles. The summed E-state index contributed by atoms with van der Waals surface area (Å²) in [5.41, 5.74) is 4.35. The van der Waals surface area contributed by atoms with E-state index < -0.39 is 0 Å². The fourth-order valence-electron chi connectivity index (χ4n) is 3.25. The van der Waals surface area contributed by atoms with Crippen molar-refractivity contribution in [3.8, 4) is 5.75 Å². The first-order valence-corrected chi connectivity index (χ1v) is 9.90. The van der Waals surface area contributed by atoms with Gasteiger partial charge in [-0.3, -0.25) is 9.59 Å². The summed E-state index contributed by atoms with van der Waals surface area (Å²) < 4.78 is 5.24. The van der Waals surface area contributed by atoms with E-state index in [4.69, 9.17) is 4.74 Å². The molecule has 0 saturated carbocycles. The van der Waals surface area contributed by atoms with Gasteiger partial charge in [0.25, 0.3) is 5.91 Å². The summed E-state index contributed by atoms with van der Waals surface area (Å²) in [6, 6.07) is 20.0. The van der Waals surface area contributed by atoms with Crippen LogP contribution in [0.3, 0.4) is 0 Å². The number of hydrogen-bond donors (Lipinski definition) is 1. The van der Waals surface area contributed by atoms with E-state index in [9.17, 15) is 9.59 Å². The summed E-state index contributed by atoms with van der Waals surface area (Å²) >= 11 is 0. The fraction of sp³-hybridized carbons (Fsp3) is 0.231. The summed E-state index contributed by atoms with van der Waals surface area (Å²) in [7, 11) is 1.60. The summed E-state index contributed by atoms with van der Waals surface area (Å²) in [6.07, 6.45) is 0. The molecule has 3 aromatic rings. The highest BCUT2D eigenvalue weighted by Gasteiger charge is 2.16. The number of hydrogen-bond acceptors (Lipinski definition) is 3. The maximum Gasteiger partial charge on any atom is 0.255 e. The highest BCUT2D eigenvalue weighted by molar-refractivity contribution is 6.10. The lowest BCUT2D eigenvalue weighted by atomic mass is 9.86. The zero-order valence-corrected chi connectivity index (χ0v) is 18.1. The first kappa shape index (κ1) is 21.3. The zero-order valence-electron chi connectivity index (χ0n) is 18.1. The lowest BCUT2D eigenvalue weighted by molar-refractivity contribution is 0.102. The van der Waals surface area contributed by atoms with E-state index in [0.717, 1.165) is 11.3 Å². The predicted molar refractivity (Wildman–Crippen MR) is 121 cm³/mol. The molecule has 30 heavy (non-hydrogen) atoms. The first-order chi connectivity index (χ1) is 14.2. The van der Waals surface area contributed by atoms with Crippen LogP contribution in [0.25, 0.3) is 0 Å². The van der Waals surface area contributed by atoms with Crippen LogP contribution in [0.4, 0.5) is 5.69 Å². The van der Waals surface area contributed by atoms with Crippen LogP contribution in [0.15, 0.2) is 66.7 Å². The number of ether oxygens (including phenoxy) is 1. The van der Waals surface area contributed by atoms with Gasteiger partial charge in [0.15, 0.2) is 5.78 Å². The number of ketones is 1. The van der Waals surface area contributed by atoms with E-state index in [1.54, 1.807) is 49.6 Å². The lowest BCUT2D eigenvalue weighted by Crippen LogP contribution is -2.13. The van der Waals surface area contributed by atoms with Crippen LogP contribution in [-0.2, 0) is 5.41 Å². The second-order valence-electron chi connectivity index (χ2n) is 8.38. The van der Waals surface area contributed by atoms with Gasteiger partial charge in [-0.25, -0.2) is 0 Å². The van der Waals surface area contributed by atoms with Gasteiger partial charge < -0.3 is 10.1 Å². The Kier molecular flexibility index (Phi) is 6.06. The molecule has 1 amide bonds. The normalized spacial score (nSPS) is 11.1. The number of methoxy groups -OCH3 is 1. The number of nitrogens with one attached hydrogen (secondary N) is 1. The van der Waals surface area contributed by atoms with Crippen LogP contribution in [-0.4, -0.2) is 18.8 Å².